The normalized spacial score (nSPS) is 13.1. The molecule has 0 aliphatic carbocycles. The minimum Gasteiger partial charge on any atom is -0.382 e. The van der Waals surface area contributed by atoms with Crippen LogP contribution in [0.25, 0.3) is 0 Å². The standard InChI is InChI=1S/C9H9NOS2/c1-6-9(13-5-10-6)8(11)7-3-2-4-12-7/h2-5,8,11H,1H3. The number of aliphatic hydroxyl groups excluding tert-OH is 1. The lowest BCUT2D eigenvalue weighted by Gasteiger charge is -2.05. The van der Waals surface area contributed by atoms with Gasteiger partial charge in [0, 0.05) is 4.88 Å². The van der Waals surface area contributed by atoms with Crippen molar-refractivity contribution in [3.63, 3.8) is 0 Å². The number of rotatable bonds is 2. The van der Waals surface area contributed by atoms with Gasteiger partial charge in [0.2, 0.25) is 0 Å². The SMILES string of the molecule is Cc1ncsc1C(O)c1cccs1. The van der Waals surface area contributed by atoms with Gasteiger partial charge in [-0.2, -0.15) is 0 Å². The van der Waals surface area contributed by atoms with Crippen molar-refractivity contribution in [1.29, 1.82) is 0 Å². The molecule has 68 valence electrons. The van der Waals surface area contributed by atoms with Crippen LogP contribution in [0, 0.1) is 6.92 Å². The predicted octanol–water partition coefficient (Wildman–Crippen LogP) is 2.59. The van der Waals surface area contributed by atoms with Crippen LogP contribution in [0.4, 0.5) is 0 Å². The molecule has 0 aliphatic rings. The number of thiophene rings is 1. The van der Waals surface area contributed by atoms with Crippen molar-refractivity contribution in [2.45, 2.75) is 13.0 Å². The fourth-order valence-electron chi connectivity index (χ4n) is 1.15. The van der Waals surface area contributed by atoms with Crippen molar-refractivity contribution in [2.75, 3.05) is 0 Å². The van der Waals surface area contributed by atoms with Gasteiger partial charge in [-0.05, 0) is 18.4 Å². The van der Waals surface area contributed by atoms with Gasteiger partial charge in [0.05, 0.1) is 16.1 Å². The van der Waals surface area contributed by atoms with Crippen LogP contribution in [-0.4, -0.2) is 10.1 Å². The van der Waals surface area contributed by atoms with Crippen LogP contribution in [0.15, 0.2) is 23.0 Å². The van der Waals surface area contributed by atoms with E-state index in [1.54, 1.807) is 16.8 Å². The molecule has 0 radical (unpaired) electrons. The van der Waals surface area contributed by atoms with E-state index in [4.69, 9.17) is 0 Å². The molecule has 2 aromatic rings. The molecule has 13 heavy (non-hydrogen) atoms. The minimum absolute atomic E-state index is 0.493. The number of aryl methyl sites for hydroxylation is 1. The first-order chi connectivity index (χ1) is 6.29. The van der Waals surface area contributed by atoms with Crippen LogP contribution < -0.4 is 0 Å². The molecular weight excluding hydrogens is 202 g/mol. The zero-order chi connectivity index (χ0) is 9.26. The molecule has 0 fully saturated rings. The van der Waals surface area contributed by atoms with E-state index < -0.39 is 6.10 Å². The Balaban J connectivity index is 2.33. The maximum absolute atomic E-state index is 9.93. The first-order valence-electron chi connectivity index (χ1n) is 3.90. The molecule has 2 heterocycles. The monoisotopic (exact) mass is 211 g/mol. The van der Waals surface area contributed by atoms with E-state index in [0.29, 0.717) is 0 Å². The third kappa shape index (κ3) is 1.65. The summed E-state index contributed by atoms with van der Waals surface area (Å²) in [6.45, 7) is 1.92. The molecule has 0 aromatic carbocycles. The number of thiazole rings is 1. The summed E-state index contributed by atoms with van der Waals surface area (Å²) in [6, 6.07) is 3.88. The zero-order valence-corrected chi connectivity index (χ0v) is 8.73. The number of aliphatic hydroxyl groups is 1. The Hall–Kier alpha value is -0.710. The third-order valence-corrected chi connectivity index (χ3v) is 3.75. The van der Waals surface area contributed by atoms with Gasteiger partial charge in [-0.3, -0.25) is 0 Å². The second kappa shape index (κ2) is 3.57. The second-order valence-electron chi connectivity index (χ2n) is 2.72. The van der Waals surface area contributed by atoms with E-state index in [1.807, 2.05) is 24.4 Å². The Morgan fingerprint density at radius 3 is 2.85 bits per heavy atom. The summed E-state index contributed by atoms with van der Waals surface area (Å²) < 4.78 is 0. The van der Waals surface area contributed by atoms with Gasteiger partial charge >= 0.3 is 0 Å². The van der Waals surface area contributed by atoms with Crippen molar-refractivity contribution >= 4 is 22.7 Å². The molecule has 0 amide bonds. The van der Waals surface area contributed by atoms with Crippen LogP contribution >= 0.6 is 22.7 Å². The molecule has 2 rings (SSSR count). The molecule has 0 saturated heterocycles. The first kappa shape index (κ1) is 8.87. The largest absolute Gasteiger partial charge is 0.382 e. The van der Waals surface area contributed by atoms with E-state index in [9.17, 15) is 5.11 Å². The molecule has 2 aromatic heterocycles. The molecular formula is C9H9NOS2. The number of nitrogens with zero attached hydrogens (tertiary/aromatic N) is 1. The quantitative estimate of drug-likeness (QED) is 0.828. The van der Waals surface area contributed by atoms with Crippen LogP contribution in [0.2, 0.25) is 0 Å². The summed E-state index contributed by atoms with van der Waals surface area (Å²) in [6.07, 6.45) is -0.493. The lowest BCUT2D eigenvalue weighted by molar-refractivity contribution is 0.227. The summed E-state index contributed by atoms with van der Waals surface area (Å²) >= 11 is 3.07. The third-order valence-electron chi connectivity index (χ3n) is 1.84. The highest BCUT2D eigenvalue weighted by Gasteiger charge is 2.15. The van der Waals surface area contributed by atoms with Gasteiger partial charge in [-0.1, -0.05) is 6.07 Å². The molecule has 1 N–H and O–H groups in total. The number of hydrogen-bond acceptors (Lipinski definition) is 4. The highest BCUT2D eigenvalue weighted by Crippen LogP contribution is 2.30. The van der Waals surface area contributed by atoms with Crippen LogP contribution in [-0.2, 0) is 0 Å². The van der Waals surface area contributed by atoms with E-state index in [2.05, 4.69) is 4.98 Å². The average molecular weight is 211 g/mol. The number of hydrogen-bond donors (Lipinski definition) is 1. The molecule has 1 atom stereocenters. The lowest BCUT2D eigenvalue weighted by atomic mass is 10.2. The maximum atomic E-state index is 9.93. The van der Waals surface area contributed by atoms with Gasteiger partial charge in [-0.25, -0.2) is 4.98 Å². The topological polar surface area (TPSA) is 33.1 Å². The maximum Gasteiger partial charge on any atom is 0.124 e. The molecule has 0 saturated carbocycles. The molecule has 2 nitrogen and oxygen atoms in total. The Morgan fingerprint density at radius 2 is 2.31 bits per heavy atom. The molecule has 4 heteroatoms. The highest BCUT2D eigenvalue weighted by molar-refractivity contribution is 7.11. The predicted molar refractivity (Wildman–Crippen MR) is 55.2 cm³/mol. The molecule has 1 unspecified atom stereocenters. The van der Waals surface area contributed by atoms with Crippen molar-refractivity contribution < 1.29 is 5.11 Å². The summed E-state index contributed by atoms with van der Waals surface area (Å²) in [5.41, 5.74) is 2.69. The molecule has 0 aliphatic heterocycles. The Morgan fingerprint density at radius 1 is 1.46 bits per heavy atom. The smallest absolute Gasteiger partial charge is 0.124 e. The average Bonchev–Trinajstić information content (AvgIpc) is 2.72. The van der Waals surface area contributed by atoms with E-state index in [1.165, 1.54) is 11.3 Å². The minimum atomic E-state index is -0.493. The summed E-state index contributed by atoms with van der Waals surface area (Å²) in [5, 5.41) is 11.9. The Labute approximate surface area is 84.5 Å². The van der Waals surface area contributed by atoms with E-state index >= 15 is 0 Å². The van der Waals surface area contributed by atoms with Crippen molar-refractivity contribution in [2.24, 2.45) is 0 Å². The second-order valence-corrected chi connectivity index (χ2v) is 4.59. The van der Waals surface area contributed by atoms with Gasteiger partial charge < -0.3 is 5.11 Å². The fraction of sp³-hybridized carbons (Fsp3) is 0.222. The first-order valence-corrected chi connectivity index (χ1v) is 5.66. The van der Waals surface area contributed by atoms with Gasteiger partial charge in [-0.15, -0.1) is 22.7 Å². The Bertz CT molecular complexity index is 380. The Kier molecular flexibility index (Phi) is 2.44. The molecule has 0 bridgehead atoms. The van der Waals surface area contributed by atoms with Crippen LogP contribution in [0.3, 0.4) is 0 Å². The summed E-state index contributed by atoms with van der Waals surface area (Å²) in [5.74, 6) is 0. The van der Waals surface area contributed by atoms with E-state index in [-0.39, 0.29) is 0 Å². The summed E-state index contributed by atoms with van der Waals surface area (Å²) in [7, 11) is 0. The highest BCUT2D eigenvalue weighted by atomic mass is 32.1. The van der Waals surface area contributed by atoms with Crippen molar-refractivity contribution in [1.82, 2.24) is 4.98 Å². The van der Waals surface area contributed by atoms with Crippen molar-refractivity contribution in [3.05, 3.63) is 38.5 Å². The van der Waals surface area contributed by atoms with Gasteiger partial charge in [0.1, 0.15) is 6.10 Å². The van der Waals surface area contributed by atoms with Gasteiger partial charge in [0.25, 0.3) is 0 Å². The van der Waals surface area contributed by atoms with Crippen LogP contribution in [0.5, 0.6) is 0 Å². The lowest BCUT2D eigenvalue weighted by Crippen LogP contribution is -1.95. The van der Waals surface area contributed by atoms with Crippen LogP contribution in [0.1, 0.15) is 21.6 Å². The van der Waals surface area contributed by atoms with Crippen molar-refractivity contribution in [3.8, 4) is 0 Å². The van der Waals surface area contributed by atoms with E-state index in [0.717, 1.165) is 15.4 Å². The van der Waals surface area contributed by atoms with Gasteiger partial charge in [0.15, 0.2) is 0 Å². The fourth-order valence-corrected chi connectivity index (χ4v) is 2.75. The zero-order valence-electron chi connectivity index (χ0n) is 7.10. The summed E-state index contributed by atoms with van der Waals surface area (Å²) in [4.78, 5) is 6.04. The number of aromatic nitrogens is 1. The molecule has 0 spiro atoms.